The maximum Gasteiger partial charge on any atom is 0.325 e. The van der Waals surface area contributed by atoms with Gasteiger partial charge in [0.25, 0.3) is 5.56 Å². The smallest absolute Gasteiger partial charge is 0.325 e. The lowest BCUT2D eigenvalue weighted by molar-refractivity contribution is -0.0596. The fourth-order valence-corrected chi connectivity index (χ4v) is 8.19. The predicted octanol–water partition coefficient (Wildman–Crippen LogP) is 0.503. The molecule has 7 rings (SSSR count). The molecule has 2 bridgehead atoms. The lowest BCUT2D eigenvalue weighted by Gasteiger charge is -2.27. The molecule has 4 aromatic heterocycles. The molecule has 3 aliphatic heterocycles. The standard InChI is InChI=1S/C21H24FN9O9P2S2/c22-13-11-5-36-41(33,43)39-9-3-12(30-6-26-14-8(23)1-2-25-17(14)30)37-10(9)4-35-42(34,44)40-16(13)20(38-11)31-7-27-15-18(31)28-21(24)29-19(15)32/h1-2,6-7,9-13,16,20H,3-5H2,(H2,23,25)(H,33,43)(H,34,44)(H3,24,28,29,32)/t9-,10+,11+,12+,13+,16+,20?,41?,42?/m0/s1. The van der Waals surface area contributed by atoms with Crippen LogP contribution in [0.4, 0.5) is 16.0 Å². The summed E-state index contributed by atoms with van der Waals surface area (Å²) in [4.78, 5) is 53.3. The number of halogens is 1. The van der Waals surface area contributed by atoms with Crippen molar-refractivity contribution in [2.45, 2.75) is 49.5 Å². The Morgan fingerprint density at radius 2 is 1.66 bits per heavy atom. The summed E-state index contributed by atoms with van der Waals surface area (Å²) in [7, 11) is 0. The predicted molar refractivity (Wildman–Crippen MR) is 156 cm³/mol. The van der Waals surface area contributed by atoms with E-state index >= 15 is 4.39 Å². The summed E-state index contributed by atoms with van der Waals surface area (Å²) >= 11 is 10.5. The van der Waals surface area contributed by atoms with Gasteiger partial charge in [-0.1, -0.05) is 0 Å². The first-order valence-electron chi connectivity index (χ1n) is 12.9. The van der Waals surface area contributed by atoms with Crippen LogP contribution in [0.15, 0.2) is 29.7 Å². The van der Waals surface area contributed by atoms with Gasteiger partial charge in [-0.2, -0.15) is 4.98 Å². The van der Waals surface area contributed by atoms with Gasteiger partial charge < -0.3 is 44.3 Å². The number of H-pyrrole nitrogens is 1. The highest BCUT2D eigenvalue weighted by Gasteiger charge is 2.51. The highest BCUT2D eigenvalue weighted by Crippen LogP contribution is 2.54. The van der Waals surface area contributed by atoms with Crippen LogP contribution in [-0.2, 0) is 51.2 Å². The summed E-state index contributed by atoms with van der Waals surface area (Å²) in [5, 5.41) is 0. The highest BCUT2D eigenvalue weighted by atomic mass is 32.5. The Morgan fingerprint density at radius 1 is 0.955 bits per heavy atom. The number of pyridine rings is 1. The van der Waals surface area contributed by atoms with Crippen molar-refractivity contribution >= 4 is 71.0 Å². The number of aromatic amines is 1. The van der Waals surface area contributed by atoms with E-state index in [0.29, 0.717) is 16.9 Å². The average Bonchev–Trinajstić information content (AvgIpc) is 3.72. The van der Waals surface area contributed by atoms with Crippen molar-refractivity contribution in [3.63, 3.8) is 0 Å². The number of alkyl halides is 1. The summed E-state index contributed by atoms with van der Waals surface area (Å²) in [6.45, 7) is -9.19. The van der Waals surface area contributed by atoms with Crippen molar-refractivity contribution in [1.82, 2.24) is 34.1 Å². The molecular weight excluding hydrogens is 667 g/mol. The minimum atomic E-state index is -4.20. The fraction of sp³-hybridized carbons (Fsp3) is 0.476. The van der Waals surface area contributed by atoms with E-state index in [1.54, 1.807) is 10.6 Å². The first-order chi connectivity index (χ1) is 20.9. The Hall–Kier alpha value is -2.52. The zero-order valence-corrected chi connectivity index (χ0v) is 25.6. The molecule has 236 valence electrons. The Kier molecular flexibility index (Phi) is 7.59. The van der Waals surface area contributed by atoms with Crippen molar-refractivity contribution in [2.75, 3.05) is 24.7 Å². The third kappa shape index (κ3) is 5.46. The van der Waals surface area contributed by atoms with Crippen LogP contribution in [-0.4, -0.2) is 87.6 Å². The number of fused-ring (bicyclic) bond motifs is 5. The zero-order valence-electron chi connectivity index (χ0n) is 22.2. The van der Waals surface area contributed by atoms with Crippen LogP contribution in [0.5, 0.6) is 0 Å². The van der Waals surface area contributed by atoms with Crippen LogP contribution in [0.25, 0.3) is 22.3 Å². The van der Waals surface area contributed by atoms with Crippen LogP contribution >= 0.6 is 13.4 Å². The number of rotatable bonds is 2. The molecule has 3 unspecified atom stereocenters. The number of hydrogen-bond donors (Lipinski definition) is 5. The first-order valence-corrected chi connectivity index (χ1v) is 18.1. The van der Waals surface area contributed by atoms with E-state index in [0.717, 1.165) is 0 Å². The van der Waals surface area contributed by atoms with E-state index in [-0.39, 0.29) is 23.5 Å². The Labute approximate surface area is 255 Å². The molecule has 9 atom stereocenters. The molecule has 0 saturated carbocycles. The summed E-state index contributed by atoms with van der Waals surface area (Å²) in [6, 6.07) is 1.61. The number of nitrogens with one attached hydrogen (secondary N) is 1. The van der Waals surface area contributed by atoms with Crippen molar-refractivity contribution in [3.05, 3.63) is 35.3 Å². The van der Waals surface area contributed by atoms with E-state index < -0.39 is 75.3 Å². The first kappa shape index (κ1) is 30.2. The van der Waals surface area contributed by atoms with E-state index in [4.69, 9.17) is 62.6 Å². The molecule has 23 heteroatoms. The second-order valence-electron chi connectivity index (χ2n) is 10.1. The summed E-state index contributed by atoms with van der Waals surface area (Å²) in [5.41, 5.74) is 12.2. The SMILES string of the molecule is Nc1nc2c(ncn2C2O[C@@H]3COP(O)(=S)O[C@H]4C[C@H](n5cnc6c(N)ccnc65)O[C@@H]4COP(O)(=S)O[C@@H]2[C@@H]3F)c(=O)[nH]1. The quantitative estimate of drug-likeness (QED) is 0.180. The van der Waals surface area contributed by atoms with Gasteiger partial charge in [-0.15, -0.1) is 0 Å². The van der Waals surface area contributed by atoms with Gasteiger partial charge in [-0.25, -0.2) is 19.3 Å². The van der Waals surface area contributed by atoms with Gasteiger partial charge >= 0.3 is 13.4 Å². The largest absolute Gasteiger partial charge is 0.397 e. The molecule has 0 aromatic carbocycles. The minimum absolute atomic E-state index is 0.0426. The second-order valence-corrected chi connectivity index (χ2v) is 15.7. The number of nitrogens with zero attached hydrogens (tertiary/aromatic N) is 6. The van der Waals surface area contributed by atoms with Crippen LogP contribution < -0.4 is 17.0 Å². The Morgan fingerprint density at radius 3 is 2.45 bits per heavy atom. The van der Waals surface area contributed by atoms with E-state index in [1.807, 2.05) is 0 Å². The summed E-state index contributed by atoms with van der Waals surface area (Å²) in [5.74, 6) is -0.223. The molecular formula is C21H24FN9O9P2S2. The van der Waals surface area contributed by atoms with Crippen LogP contribution in [0.2, 0.25) is 0 Å². The molecule has 7 heterocycles. The Bertz CT molecular complexity index is 1910. The third-order valence-corrected chi connectivity index (χ3v) is 10.4. The third-order valence-electron chi connectivity index (χ3n) is 7.30. The van der Waals surface area contributed by atoms with Crippen LogP contribution in [0.3, 0.4) is 0 Å². The van der Waals surface area contributed by atoms with Gasteiger partial charge in [-0.05, 0) is 29.7 Å². The van der Waals surface area contributed by atoms with Gasteiger partial charge in [0.15, 0.2) is 29.2 Å². The maximum atomic E-state index is 15.8. The summed E-state index contributed by atoms with van der Waals surface area (Å²) in [6.07, 6.45) is -4.60. The molecule has 3 saturated heterocycles. The number of ether oxygens (including phenoxy) is 2. The van der Waals surface area contributed by atoms with Gasteiger partial charge in [0.2, 0.25) is 5.95 Å². The topological polar surface area (TPSA) is 242 Å². The number of anilines is 2. The lowest BCUT2D eigenvalue weighted by atomic mass is 10.1. The van der Waals surface area contributed by atoms with Gasteiger partial charge in [-0.3, -0.25) is 23.4 Å². The van der Waals surface area contributed by atoms with Crippen molar-refractivity contribution in [1.29, 1.82) is 0 Å². The Balaban J connectivity index is 1.19. The molecule has 3 aliphatic rings. The van der Waals surface area contributed by atoms with Crippen LogP contribution in [0.1, 0.15) is 18.9 Å². The molecule has 0 radical (unpaired) electrons. The molecule has 18 nitrogen and oxygen atoms in total. The highest BCUT2D eigenvalue weighted by molar-refractivity contribution is 8.07. The molecule has 3 fully saturated rings. The molecule has 44 heavy (non-hydrogen) atoms. The number of imidazole rings is 2. The van der Waals surface area contributed by atoms with E-state index in [9.17, 15) is 14.6 Å². The number of nitrogens with two attached hydrogens (primary N) is 2. The monoisotopic (exact) mass is 691 g/mol. The molecule has 4 aromatic rings. The normalized spacial score (nSPS) is 36.6. The van der Waals surface area contributed by atoms with Gasteiger partial charge in [0.05, 0.1) is 37.7 Å². The van der Waals surface area contributed by atoms with E-state index in [2.05, 4.69) is 24.9 Å². The minimum Gasteiger partial charge on any atom is -0.397 e. The summed E-state index contributed by atoms with van der Waals surface area (Å²) < 4.78 is 53.3. The molecule has 0 aliphatic carbocycles. The number of hydrogen-bond acceptors (Lipinski definition) is 15. The lowest BCUT2D eigenvalue weighted by Crippen LogP contribution is -2.32. The zero-order chi connectivity index (χ0) is 31.0. The number of aromatic nitrogens is 7. The average molecular weight is 692 g/mol. The van der Waals surface area contributed by atoms with Crippen LogP contribution in [0, 0.1) is 0 Å². The maximum absolute atomic E-state index is 15.8. The van der Waals surface area contributed by atoms with E-state index in [1.165, 1.54) is 23.4 Å². The van der Waals surface area contributed by atoms with Gasteiger partial charge in [0.1, 0.15) is 30.1 Å². The molecule has 0 amide bonds. The second kappa shape index (κ2) is 11.1. The van der Waals surface area contributed by atoms with Gasteiger partial charge in [0, 0.05) is 12.6 Å². The number of nitrogen functional groups attached to an aromatic ring is 2. The van der Waals surface area contributed by atoms with Crippen molar-refractivity contribution < 1.29 is 41.7 Å². The molecule has 7 N–H and O–H groups in total. The van der Waals surface area contributed by atoms with Crippen molar-refractivity contribution in [3.8, 4) is 0 Å². The fourth-order valence-electron chi connectivity index (χ4n) is 5.31. The molecule has 0 spiro atoms. The van der Waals surface area contributed by atoms with Crippen molar-refractivity contribution in [2.24, 2.45) is 0 Å².